The Balaban J connectivity index is 2.30. The highest BCUT2D eigenvalue weighted by atomic mass is 32.2. The van der Waals surface area contributed by atoms with Gasteiger partial charge in [-0.3, -0.25) is 9.59 Å². The Kier molecular flexibility index (Phi) is 14.5. The zero-order valence-electron chi connectivity index (χ0n) is 27.5. The van der Waals surface area contributed by atoms with Crippen LogP contribution in [0.5, 0.6) is 0 Å². The summed E-state index contributed by atoms with van der Waals surface area (Å²) in [5.41, 5.74) is 0.546. The molecule has 0 bridgehead atoms. The van der Waals surface area contributed by atoms with E-state index < -0.39 is 63.3 Å². The van der Waals surface area contributed by atoms with Crippen molar-refractivity contribution in [3.63, 3.8) is 0 Å². The van der Waals surface area contributed by atoms with Crippen LogP contribution < -0.4 is 16.0 Å². The number of nitrogens with zero attached hydrogens (tertiary/aromatic N) is 1. The van der Waals surface area contributed by atoms with Crippen LogP contribution in [0, 0.1) is 11.8 Å². The normalized spacial score (nSPS) is 14.8. The molecule has 252 valence electrons. The van der Waals surface area contributed by atoms with Crippen LogP contribution in [0.15, 0.2) is 42.9 Å². The van der Waals surface area contributed by atoms with Gasteiger partial charge in [0.15, 0.2) is 9.84 Å². The number of aromatic nitrogens is 2. The molecule has 2 aromatic rings. The van der Waals surface area contributed by atoms with E-state index in [1.807, 2.05) is 58.0 Å². The topological polar surface area (TPSA) is 180 Å². The average Bonchev–Trinajstić information content (AvgIpc) is 3.43. The van der Waals surface area contributed by atoms with Crippen LogP contribution in [0.2, 0.25) is 0 Å². The van der Waals surface area contributed by atoms with Gasteiger partial charge in [-0.25, -0.2) is 18.2 Å². The van der Waals surface area contributed by atoms with Crippen LogP contribution in [0.3, 0.4) is 0 Å². The second-order valence-electron chi connectivity index (χ2n) is 13.3. The van der Waals surface area contributed by atoms with E-state index in [4.69, 9.17) is 4.74 Å². The molecule has 5 N–H and O–H groups in total. The molecule has 0 radical (unpaired) electrons. The third-order valence-electron chi connectivity index (χ3n) is 6.85. The SMILES string of the molecule is CC(C)CCS(=O)(=O)C[C@@H](O)[C@@H](CC(C)C)NC(=O)[C@H](Cc1cnc[nH]1)NC(=O)[C@H](Cc1ccccc1)NC(=O)OC(C)(C)C. The molecule has 45 heavy (non-hydrogen) atoms. The minimum atomic E-state index is -3.57. The molecule has 13 heteroatoms. The van der Waals surface area contributed by atoms with E-state index in [1.54, 1.807) is 20.8 Å². The third kappa shape index (κ3) is 14.9. The predicted octanol–water partition coefficient (Wildman–Crippen LogP) is 2.93. The number of H-pyrrole nitrogens is 1. The van der Waals surface area contributed by atoms with Crippen LogP contribution in [0.1, 0.15) is 72.6 Å². The number of ether oxygens (including phenoxy) is 1. The molecule has 1 aromatic heterocycles. The fraction of sp³-hybridized carbons (Fsp3) is 0.625. The molecule has 1 aromatic carbocycles. The number of nitrogens with one attached hydrogen (secondary N) is 4. The van der Waals surface area contributed by atoms with Crippen molar-refractivity contribution in [1.82, 2.24) is 25.9 Å². The summed E-state index contributed by atoms with van der Waals surface area (Å²) in [6, 6.07) is 6.00. The fourth-order valence-electron chi connectivity index (χ4n) is 4.59. The maximum absolute atomic E-state index is 13.7. The van der Waals surface area contributed by atoms with Gasteiger partial charge in [-0.15, -0.1) is 0 Å². The van der Waals surface area contributed by atoms with E-state index in [2.05, 4.69) is 25.9 Å². The number of aliphatic hydroxyl groups is 1. The average molecular weight is 650 g/mol. The zero-order chi connectivity index (χ0) is 33.8. The summed E-state index contributed by atoms with van der Waals surface area (Å²) in [5.74, 6) is -1.58. The smallest absolute Gasteiger partial charge is 0.408 e. The standard InChI is InChI=1S/C32H51N5O7S/c1-21(2)13-14-45(42,43)19-28(38)25(15-22(3)4)35-30(40)27(17-24-18-33-20-34-24)36-29(39)26(16-23-11-9-8-10-12-23)37-31(41)44-32(5,6)7/h8-12,18,20-22,25-28,38H,13-17,19H2,1-7H3,(H,33,34)(H,35,40)(H,36,39)(H,37,41)/t25-,26+,27+,28-/m1/s1. The Morgan fingerprint density at radius 3 is 2.11 bits per heavy atom. The lowest BCUT2D eigenvalue weighted by Gasteiger charge is -2.29. The molecular weight excluding hydrogens is 598 g/mol. The zero-order valence-corrected chi connectivity index (χ0v) is 28.3. The van der Waals surface area contributed by atoms with Crippen molar-refractivity contribution in [2.45, 2.75) is 104 Å². The molecule has 0 spiro atoms. The lowest BCUT2D eigenvalue weighted by atomic mass is 9.99. The van der Waals surface area contributed by atoms with Crippen LogP contribution in [0.4, 0.5) is 4.79 Å². The van der Waals surface area contributed by atoms with Crippen LogP contribution in [-0.2, 0) is 37.0 Å². The van der Waals surface area contributed by atoms with Gasteiger partial charge in [0, 0.05) is 24.7 Å². The molecule has 2 rings (SSSR count). The monoisotopic (exact) mass is 649 g/mol. The summed E-state index contributed by atoms with van der Waals surface area (Å²) >= 11 is 0. The van der Waals surface area contributed by atoms with Gasteiger partial charge in [-0.2, -0.15) is 0 Å². The number of amides is 3. The summed E-state index contributed by atoms with van der Waals surface area (Å²) in [5, 5.41) is 19.2. The molecule has 0 fully saturated rings. The highest BCUT2D eigenvalue weighted by Gasteiger charge is 2.33. The van der Waals surface area contributed by atoms with E-state index >= 15 is 0 Å². The van der Waals surface area contributed by atoms with Gasteiger partial charge >= 0.3 is 6.09 Å². The molecule has 4 atom stereocenters. The first-order chi connectivity index (χ1) is 20.9. The maximum atomic E-state index is 13.7. The highest BCUT2D eigenvalue weighted by Crippen LogP contribution is 2.14. The molecule has 0 aliphatic carbocycles. The Labute approximate surface area is 267 Å². The fourth-order valence-corrected chi connectivity index (χ4v) is 6.33. The van der Waals surface area contributed by atoms with Crippen LogP contribution in [-0.4, -0.2) is 82.7 Å². The number of rotatable bonds is 17. The first-order valence-electron chi connectivity index (χ1n) is 15.4. The Morgan fingerprint density at radius 2 is 1.56 bits per heavy atom. The number of hydrogen-bond donors (Lipinski definition) is 5. The molecule has 0 aliphatic heterocycles. The van der Waals surface area contributed by atoms with Crippen LogP contribution in [0.25, 0.3) is 0 Å². The number of alkyl carbamates (subject to hydrolysis) is 1. The quantitative estimate of drug-likeness (QED) is 0.174. The Hall–Kier alpha value is -3.45. The van der Waals surface area contributed by atoms with E-state index in [1.165, 1.54) is 12.5 Å². The molecule has 12 nitrogen and oxygen atoms in total. The maximum Gasteiger partial charge on any atom is 0.408 e. The lowest BCUT2D eigenvalue weighted by Crippen LogP contribution is -2.58. The number of aromatic amines is 1. The number of hydrogen-bond acceptors (Lipinski definition) is 8. The number of carbonyl (C=O) groups excluding carboxylic acids is 3. The number of imidazole rings is 1. The molecular formula is C32H51N5O7S. The molecule has 0 saturated heterocycles. The number of aliphatic hydroxyl groups excluding tert-OH is 1. The van der Waals surface area contributed by atoms with Crippen molar-refractivity contribution < 1.29 is 32.6 Å². The first-order valence-corrected chi connectivity index (χ1v) is 17.3. The third-order valence-corrected chi connectivity index (χ3v) is 8.56. The van der Waals surface area contributed by atoms with E-state index in [0.29, 0.717) is 18.5 Å². The molecule has 3 amide bonds. The van der Waals surface area contributed by atoms with Crippen molar-refractivity contribution in [2.24, 2.45) is 11.8 Å². The minimum Gasteiger partial charge on any atom is -0.444 e. The van der Waals surface area contributed by atoms with E-state index in [9.17, 15) is 27.9 Å². The highest BCUT2D eigenvalue weighted by molar-refractivity contribution is 7.91. The summed E-state index contributed by atoms with van der Waals surface area (Å²) < 4.78 is 30.8. The lowest BCUT2D eigenvalue weighted by molar-refractivity contribution is -0.130. The van der Waals surface area contributed by atoms with Gasteiger partial charge in [-0.1, -0.05) is 58.0 Å². The molecule has 1 heterocycles. The molecule has 0 aliphatic rings. The first kappa shape index (κ1) is 37.7. The van der Waals surface area contributed by atoms with Crippen molar-refractivity contribution in [3.05, 3.63) is 54.1 Å². The second-order valence-corrected chi connectivity index (χ2v) is 15.6. The minimum absolute atomic E-state index is 0.0252. The van der Waals surface area contributed by atoms with Crippen molar-refractivity contribution >= 4 is 27.7 Å². The Bertz CT molecular complexity index is 1310. The van der Waals surface area contributed by atoms with Gasteiger partial charge in [0.2, 0.25) is 11.8 Å². The van der Waals surface area contributed by atoms with Crippen molar-refractivity contribution in [1.29, 1.82) is 0 Å². The van der Waals surface area contributed by atoms with Gasteiger partial charge in [-0.05, 0) is 51.0 Å². The number of sulfone groups is 1. The van der Waals surface area contributed by atoms with Crippen molar-refractivity contribution in [2.75, 3.05) is 11.5 Å². The number of carbonyl (C=O) groups is 3. The van der Waals surface area contributed by atoms with E-state index in [0.717, 1.165) is 5.56 Å². The largest absolute Gasteiger partial charge is 0.444 e. The van der Waals surface area contributed by atoms with Crippen LogP contribution >= 0.6 is 0 Å². The van der Waals surface area contributed by atoms with Gasteiger partial charge in [0.1, 0.15) is 17.7 Å². The Morgan fingerprint density at radius 1 is 0.933 bits per heavy atom. The van der Waals surface area contributed by atoms with Gasteiger partial charge in [0.05, 0.1) is 30.0 Å². The summed E-state index contributed by atoms with van der Waals surface area (Å²) in [6.07, 6.45) is 1.77. The van der Waals surface area contributed by atoms with Gasteiger partial charge in [0.25, 0.3) is 0 Å². The van der Waals surface area contributed by atoms with E-state index in [-0.39, 0.29) is 30.4 Å². The molecule has 0 unspecified atom stereocenters. The summed E-state index contributed by atoms with van der Waals surface area (Å²) in [7, 11) is -3.57. The summed E-state index contributed by atoms with van der Waals surface area (Å²) in [6.45, 7) is 12.8. The molecule has 0 saturated carbocycles. The predicted molar refractivity (Wildman–Crippen MR) is 173 cm³/mol. The summed E-state index contributed by atoms with van der Waals surface area (Å²) in [4.78, 5) is 47.0. The van der Waals surface area contributed by atoms with Crippen molar-refractivity contribution in [3.8, 4) is 0 Å². The second kappa shape index (κ2) is 17.3. The van der Waals surface area contributed by atoms with Gasteiger partial charge < -0.3 is 30.8 Å². The number of benzene rings is 1.